The number of hydrogen-bond acceptors (Lipinski definition) is 2. The van der Waals surface area contributed by atoms with E-state index in [0.29, 0.717) is 19.5 Å². The second kappa shape index (κ2) is 7.43. The lowest BCUT2D eigenvalue weighted by Crippen LogP contribution is -2.37. The molecule has 122 valence electrons. The van der Waals surface area contributed by atoms with Crippen LogP contribution in [0.1, 0.15) is 49.4 Å². The summed E-state index contributed by atoms with van der Waals surface area (Å²) in [6.07, 6.45) is 0.297. The van der Waals surface area contributed by atoms with Crippen molar-refractivity contribution in [3.05, 3.63) is 34.4 Å². The molecule has 0 saturated heterocycles. The van der Waals surface area contributed by atoms with Gasteiger partial charge in [0.25, 0.3) is 0 Å². The minimum Gasteiger partial charge on any atom is -0.355 e. The molecule has 1 rings (SSSR count). The zero-order valence-electron chi connectivity index (χ0n) is 14.6. The van der Waals surface area contributed by atoms with Gasteiger partial charge in [0.15, 0.2) is 0 Å². The smallest absolute Gasteiger partial charge is 0.225 e. The highest BCUT2D eigenvalue weighted by Gasteiger charge is 2.20. The molecule has 2 N–H and O–H groups in total. The van der Waals surface area contributed by atoms with Crippen LogP contribution >= 0.6 is 0 Å². The summed E-state index contributed by atoms with van der Waals surface area (Å²) in [4.78, 5) is 23.6. The second-order valence-electron chi connectivity index (χ2n) is 6.91. The molecule has 0 spiro atoms. The van der Waals surface area contributed by atoms with Crippen LogP contribution in [0.2, 0.25) is 0 Å². The summed E-state index contributed by atoms with van der Waals surface area (Å²) >= 11 is 0. The summed E-state index contributed by atoms with van der Waals surface area (Å²) in [6.45, 7) is 12.6. The Morgan fingerprint density at radius 2 is 1.55 bits per heavy atom. The lowest BCUT2D eigenvalue weighted by Gasteiger charge is -2.17. The maximum atomic E-state index is 11.9. The van der Waals surface area contributed by atoms with Gasteiger partial charge in [0.05, 0.1) is 0 Å². The van der Waals surface area contributed by atoms with E-state index < -0.39 is 5.41 Å². The fourth-order valence-corrected chi connectivity index (χ4v) is 2.32. The topological polar surface area (TPSA) is 58.2 Å². The Bertz CT molecular complexity index is 534. The molecule has 0 aliphatic carbocycles. The van der Waals surface area contributed by atoms with E-state index in [4.69, 9.17) is 0 Å². The highest BCUT2D eigenvalue weighted by Crippen LogP contribution is 2.16. The molecular weight excluding hydrogens is 276 g/mol. The van der Waals surface area contributed by atoms with E-state index in [1.165, 1.54) is 16.7 Å². The van der Waals surface area contributed by atoms with E-state index in [0.717, 1.165) is 5.56 Å². The molecule has 0 atom stereocenters. The van der Waals surface area contributed by atoms with Gasteiger partial charge in [-0.1, -0.05) is 38.5 Å². The third-order valence-corrected chi connectivity index (χ3v) is 3.62. The molecule has 2 amide bonds. The molecule has 0 heterocycles. The summed E-state index contributed by atoms with van der Waals surface area (Å²) < 4.78 is 0. The average molecular weight is 304 g/mol. The molecule has 1 aromatic carbocycles. The number of nitrogens with one attached hydrogen (secondary N) is 2. The highest BCUT2D eigenvalue weighted by atomic mass is 16.2. The quantitative estimate of drug-likeness (QED) is 0.879. The van der Waals surface area contributed by atoms with Gasteiger partial charge >= 0.3 is 0 Å². The normalized spacial score (nSPS) is 11.2. The summed E-state index contributed by atoms with van der Waals surface area (Å²) in [5.41, 5.74) is 4.36. The number of benzene rings is 1. The molecule has 1 aromatic rings. The molecule has 22 heavy (non-hydrogen) atoms. The van der Waals surface area contributed by atoms with Crippen molar-refractivity contribution in [2.24, 2.45) is 5.41 Å². The highest BCUT2D eigenvalue weighted by molar-refractivity contribution is 5.82. The minimum atomic E-state index is -0.424. The fourth-order valence-electron chi connectivity index (χ4n) is 2.32. The summed E-state index contributed by atoms with van der Waals surface area (Å²) in [7, 11) is 0. The van der Waals surface area contributed by atoms with E-state index in [1.54, 1.807) is 0 Å². The van der Waals surface area contributed by atoms with Gasteiger partial charge in [0.1, 0.15) is 0 Å². The van der Waals surface area contributed by atoms with Crippen molar-refractivity contribution < 1.29 is 9.59 Å². The van der Waals surface area contributed by atoms with Crippen molar-refractivity contribution >= 4 is 11.8 Å². The summed E-state index contributed by atoms with van der Waals surface area (Å²) in [5, 5.41) is 5.70. The maximum Gasteiger partial charge on any atom is 0.225 e. The average Bonchev–Trinajstić information content (AvgIpc) is 2.36. The van der Waals surface area contributed by atoms with Crippen molar-refractivity contribution in [3.8, 4) is 0 Å². The predicted octanol–water partition coefficient (Wildman–Crippen LogP) is 2.78. The minimum absolute atomic E-state index is 0.0366. The first-order valence-corrected chi connectivity index (χ1v) is 7.73. The molecule has 0 saturated carbocycles. The summed E-state index contributed by atoms with van der Waals surface area (Å²) in [6, 6.07) is 4.25. The van der Waals surface area contributed by atoms with Gasteiger partial charge in [-0.15, -0.1) is 0 Å². The van der Waals surface area contributed by atoms with E-state index in [2.05, 4.69) is 43.5 Å². The monoisotopic (exact) mass is 304 g/mol. The number of amides is 2. The Morgan fingerprint density at radius 3 is 2.05 bits per heavy atom. The number of aryl methyl sites for hydroxylation is 3. The number of carbonyl (C=O) groups is 2. The molecule has 0 unspecified atom stereocenters. The lowest BCUT2D eigenvalue weighted by molar-refractivity contribution is -0.128. The zero-order valence-corrected chi connectivity index (χ0v) is 14.6. The van der Waals surface area contributed by atoms with Gasteiger partial charge in [-0.2, -0.15) is 0 Å². The largest absolute Gasteiger partial charge is 0.355 e. The molecule has 0 radical (unpaired) electrons. The van der Waals surface area contributed by atoms with E-state index >= 15 is 0 Å². The van der Waals surface area contributed by atoms with Crippen LogP contribution in [0.4, 0.5) is 0 Å². The fraction of sp³-hybridized carbons (Fsp3) is 0.556. The molecule has 0 bridgehead atoms. The third kappa shape index (κ3) is 5.51. The van der Waals surface area contributed by atoms with Crippen molar-refractivity contribution in [3.63, 3.8) is 0 Å². The molecule has 0 aromatic heterocycles. The zero-order chi connectivity index (χ0) is 16.9. The number of rotatable bonds is 5. The Hall–Kier alpha value is -1.84. The van der Waals surface area contributed by atoms with Crippen LogP contribution in [0.15, 0.2) is 12.1 Å². The van der Waals surface area contributed by atoms with Gasteiger partial charge in [0.2, 0.25) is 11.8 Å². The first kappa shape index (κ1) is 18.2. The van der Waals surface area contributed by atoms with E-state index in [9.17, 15) is 9.59 Å². The van der Waals surface area contributed by atoms with Gasteiger partial charge in [-0.3, -0.25) is 9.59 Å². The Morgan fingerprint density at radius 1 is 1.00 bits per heavy atom. The van der Waals surface area contributed by atoms with Crippen LogP contribution in [0.3, 0.4) is 0 Å². The summed E-state index contributed by atoms with van der Waals surface area (Å²) in [5.74, 6) is -0.0842. The van der Waals surface area contributed by atoms with Crippen molar-refractivity contribution in [2.45, 2.75) is 54.5 Å². The molecular formula is C18H28N2O2. The van der Waals surface area contributed by atoms with E-state index in [1.807, 2.05) is 20.8 Å². The van der Waals surface area contributed by atoms with Crippen LogP contribution in [-0.4, -0.2) is 18.4 Å². The Labute approximate surface area is 133 Å². The van der Waals surface area contributed by atoms with Crippen molar-refractivity contribution in [1.29, 1.82) is 0 Å². The SMILES string of the molecule is Cc1cc(C)c(CNC(=O)CCNC(=O)C(C)(C)C)c(C)c1. The molecule has 0 aliphatic heterocycles. The standard InChI is InChI=1S/C18H28N2O2/c1-12-9-13(2)15(14(3)10-12)11-20-16(21)7-8-19-17(22)18(4,5)6/h9-10H,7-8,11H2,1-6H3,(H,19,22)(H,20,21). The van der Waals surface area contributed by atoms with Crippen LogP contribution in [0.25, 0.3) is 0 Å². The lowest BCUT2D eigenvalue weighted by atomic mass is 9.96. The molecule has 4 nitrogen and oxygen atoms in total. The van der Waals surface area contributed by atoms with Crippen molar-refractivity contribution in [2.75, 3.05) is 6.54 Å². The van der Waals surface area contributed by atoms with Crippen molar-refractivity contribution in [1.82, 2.24) is 10.6 Å². The Kier molecular flexibility index (Phi) is 6.15. The number of carbonyl (C=O) groups excluding carboxylic acids is 2. The molecule has 4 heteroatoms. The third-order valence-electron chi connectivity index (χ3n) is 3.62. The van der Waals surface area contributed by atoms with Gasteiger partial charge < -0.3 is 10.6 Å². The Balaban J connectivity index is 2.43. The van der Waals surface area contributed by atoms with Gasteiger partial charge in [-0.25, -0.2) is 0 Å². The first-order valence-electron chi connectivity index (χ1n) is 7.73. The first-order chi connectivity index (χ1) is 10.1. The second-order valence-corrected chi connectivity index (χ2v) is 6.91. The predicted molar refractivity (Wildman–Crippen MR) is 89.6 cm³/mol. The van der Waals surface area contributed by atoms with Crippen LogP contribution < -0.4 is 10.6 Å². The van der Waals surface area contributed by atoms with Crippen LogP contribution in [0.5, 0.6) is 0 Å². The van der Waals surface area contributed by atoms with Crippen LogP contribution in [-0.2, 0) is 16.1 Å². The van der Waals surface area contributed by atoms with Gasteiger partial charge in [-0.05, 0) is 37.5 Å². The maximum absolute atomic E-state index is 11.9. The molecule has 0 fully saturated rings. The van der Waals surface area contributed by atoms with E-state index in [-0.39, 0.29) is 11.8 Å². The van der Waals surface area contributed by atoms with Gasteiger partial charge in [0, 0.05) is 24.9 Å². The molecule has 0 aliphatic rings. The number of hydrogen-bond donors (Lipinski definition) is 2. The van der Waals surface area contributed by atoms with Crippen LogP contribution in [0, 0.1) is 26.2 Å².